The standard InChI is InChI=1S/C6H4F2N.Cr/c1-4-6(8)2-5(7)3-9-4;/h2-3H,1H2;/q-1;. The molecular weight excluding hydrogens is 176 g/mol. The van der Waals surface area contributed by atoms with Crippen molar-refractivity contribution in [2.45, 2.75) is 0 Å². The monoisotopic (exact) mass is 180 g/mol. The molecule has 0 bridgehead atoms. The van der Waals surface area contributed by atoms with E-state index in [1.165, 1.54) is 0 Å². The van der Waals surface area contributed by atoms with Crippen molar-refractivity contribution < 1.29 is 26.1 Å². The van der Waals surface area contributed by atoms with Gasteiger partial charge in [-0.25, -0.2) is 11.3 Å². The van der Waals surface area contributed by atoms with Crippen LogP contribution in [0, 0.1) is 18.6 Å². The quantitative estimate of drug-likeness (QED) is 0.552. The number of halogens is 2. The maximum absolute atomic E-state index is 12.2. The molecule has 0 saturated heterocycles. The Labute approximate surface area is 68.2 Å². The minimum absolute atomic E-state index is 0. The Morgan fingerprint density at radius 2 is 2.00 bits per heavy atom. The van der Waals surface area contributed by atoms with Gasteiger partial charge in [0.1, 0.15) is 5.82 Å². The molecule has 0 saturated carbocycles. The SMILES string of the molecule is [CH2-]c1ncc(F)cc1F.[Cr]. The number of pyridine rings is 1. The summed E-state index contributed by atoms with van der Waals surface area (Å²) in [4.78, 5) is 3.32. The fourth-order valence-electron chi connectivity index (χ4n) is 0.443. The van der Waals surface area contributed by atoms with Gasteiger partial charge < -0.3 is 4.39 Å². The summed E-state index contributed by atoms with van der Waals surface area (Å²) in [6.45, 7) is 3.21. The first-order valence-electron chi connectivity index (χ1n) is 2.33. The van der Waals surface area contributed by atoms with Gasteiger partial charge in [-0.2, -0.15) is 0 Å². The van der Waals surface area contributed by atoms with Crippen molar-refractivity contribution in [3.05, 3.63) is 36.5 Å². The Hall–Kier alpha value is -0.588. The molecule has 1 heterocycles. The minimum atomic E-state index is -0.713. The largest absolute Gasteiger partial charge is 0.318 e. The van der Waals surface area contributed by atoms with Gasteiger partial charge in [0.15, 0.2) is 0 Å². The van der Waals surface area contributed by atoms with E-state index in [9.17, 15) is 8.78 Å². The number of nitrogens with zero attached hydrogens (tertiary/aromatic N) is 1. The maximum atomic E-state index is 12.2. The van der Waals surface area contributed by atoms with Crippen molar-refractivity contribution in [2.24, 2.45) is 0 Å². The second-order valence-electron chi connectivity index (χ2n) is 1.58. The van der Waals surface area contributed by atoms with Crippen LogP contribution in [0.15, 0.2) is 12.3 Å². The van der Waals surface area contributed by atoms with Crippen molar-refractivity contribution in [3.63, 3.8) is 0 Å². The minimum Gasteiger partial charge on any atom is -0.318 e. The molecule has 4 heteroatoms. The fourth-order valence-corrected chi connectivity index (χ4v) is 0.443. The molecule has 1 rings (SSSR count). The van der Waals surface area contributed by atoms with Gasteiger partial charge in [0.25, 0.3) is 0 Å². The zero-order valence-electron chi connectivity index (χ0n) is 4.97. The topological polar surface area (TPSA) is 12.9 Å². The van der Waals surface area contributed by atoms with E-state index in [1.54, 1.807) is 0 Å². The zero-order valence-corrected chi connectivity index (χ0v) is 6.25. The summed E-state index contributed by atoms with van der Waals surface area (Å²) >= 11 is 0. The molecule has 0 aliphatic carbocycles. The molecule has 0 aromatic carbocycles. The van der Waals surface area contributed by atoms with Gasteiger partial charge in [0.2, 0.25) is 0 Å². The molecule has 10 heavy (non-hydrogen) atoms. The zero-order chi connectivity index (χ0) is 6.85. The van der Waals surface area contributed by atoms with Crippen LogP contribution in [0.4, 0.5) is 8.78 Å². The van der Waals surface area contributed by atoms with E-state index in [4.69, 9.17) is 0 Å². The van der Waals surface area contributed by atoms with Gasteiger partial charge >= 0.3 is 0 Å². The molecule has 1 aromatic rings. The van der Waals surface area contributed by atoms with Gasteiger partial charge in [-0.05, 0) is 5.82 Å². The normalized spacial score (nSPS) is 8.60. The van der Waals surface area contributed by atoms with Crippen molar-refractivity contribution in [1.82, 2.24) is 4.98 Å². The average Bonchev–Trinajstić information content (AvgIpc) is 1.80. The Balaban J connectivity index is 0.000000810. The summed E-state index contributed by atoms with van der Waals surface area (Å²) in [7, 11) is 0. The molecule has 0 aliphatic heterocycles. The van der Waals surface area contributed by atoms with Crippen LogP contribution in [-0.4, -0.2) is 4.98 Å². The first-order chi connectivity index (χ1) is 4.20. The Bertz CT molecular complexity index is 227. The van der Waals surface area contributed by atoms with Crippen LogP contribution >= 0.6 is 0 Å². The fraction of sp³-hybridized carbons (Fsp3) is 0. The molecule has 0 unspecified atom stereocenters. The number of hydrogen-bond acceptors (Lipinski definition) is 1. The van der Waals surface area contributed by atoms with E-state index in [2.05, 4.69) is 11.9 Å². The Morgan fingerprint density at radius 1 is 1.40 bits per heavy atom. The van der Waals surface area contributed by atoms with E-state index < -0.39 is 11.6 Å². The molecule has 0 aliphatic rings. The molecule has 1 aromatic heterocycles. The molecule has 0 atom stereocenters. The molecule has 0 fully saturated rings. The predicted octanol–water partition coefficient (Wildman–Crippen LogP) is 1.54. The van der Waals surface area contributed by atoms with E-state index >= 15 is 0 Å². The van der Waals surface area contributed by atoms with Crippen LogP contribution in [0.2, 0.25) is 0 Å². The summed E-state index contributed by atoms with van der Waals surface area (Å²) in [5.74, 6) is -1.39. The van der Waals surface area contributed by atoms with Crippen molar-refractivity contribution in [1.29, 1.82) is 0 Å². The van der Waals surface area contributed by atoms with Crippen molar-refractivity contribution in [2.75, 3.05) is 0 Å². The average molecular weight is 180 g/mol. The second kappa shape index (κ2) is 3.55. The third-order valence-corrected chi connectivity index (χ3v) is 0.884. The van der Waals surface area contributed by atoms with Crippen LogP contribution in [-0.2, 0) is 17.4 Å². The van der Waals surface area contributed by atoms with E-state index in [0.29, 0.717) is 0 Å². The van der Waals surface area contributed by atoms with Gasteiger partial charge in [-0.1, -0.05) is 11.8 Å². The summed E-state index contributed by atoms with van der Waals surface area (Å²) in [6.07, 6.45) is 0.922. The van der Waals surface area contributed by atoms with Gasteiger partial charge in [0, 0.05) is 17.4 Å². The summed E-state index contributed by atoms with van der Waals surface area (Å²) in [6, 6.07) is 0.745. The summed E-state index contributed by atoms with van der Waals surface area (Å²) < 4.78 is 24.2. The van der Waals surface area contributed by atoms with Crippen molar-refractivity contribution >= 4 is 0 Å². The Kier molecular flexibility index (Phi) is 3.34. The first-order valence-corrected chi connectivity index (χ1v) is 2.33. The van der Waals surface area contributed by atoms with Crippen molar-refractivity contribution in [3.8, 4) is 0 Å². The molecule has 0 amide bonds. The van der Waals surface area contributed by atoms with E-state index in [0.717, 1.165) is 12.3 Å². The molecule has 0 N–H and O–H groups in total. The van der Waals surface area contributed by atoms with Crippen LogP contribution in [0.1, 0.15) is 5.69 Å². The van der Waals surface area contributed by atoms with E-state index in [1.807, 2.05) is 0 Å². The number of rotatable bonds is 0. The van der Waals surface area contributed by atoms with Gasteiger partial charge in [-0.3, -0.25) is 4.98 Å². The first kappa shape index (κ1) is 9.41. The molecule has 0 radical (unpaired) electrons. The molecular formula is C6H4CrF2N-. The molecule has 54 valence electrons. The Morgan fingerprint density at radius 3 is 2.40 bits per heavy atom. The molecule has 0 spiro atoms. The summed E-state index contributed by atoms with van der Waals surface area (Å²) in [5.41, 5.74) is -0.0311. The third kappa shape index (κ3) is 1.98. The molecule has 1 nitrogen and oxygen atoms in total. The number of hydrogen-bond donors (Lipinski definition) is 0. The predicted molar refractivity (Wildman–Crippen MR) is 28.6 cm³/mol. The second-order valence-corrected chi connectivity index (χ2v) is 1.58. The number of aromatic nitrogens is 1. The van der Waals surface area contributed by atoms with Gasteiger partial charge in [-0.15, -0.1) is 0 Å². The smallest absolute Gasteiger partial charge is 0.126 e. The third-order valence-electron chi connectivity index (χ3n) is 0.884. The summed E-state index contributed by atoms with van der Waals surface area (Å²) in [5, 5.41) is 0. The van der Waals surface area contributed by atoms with Gasteiger partial charge in [0.05, 0.1) is 6.20 Å². The van der Waals surface area contributed by atoms with Crippen LogP contribution in [0.3, 0.4) is 0 Å². The van der Waals surface area contributed by atoms with Crippen LogP contribution in [0.25, 0.3) is 0 Å². The van der Waals surface area contributed by atoms with E-state index in [-0.39, 0.29) is 23.1 Å². The van der Waals surface area contributed by atoms with Crippen LogP contribution in [0.5, 0.6) is 0 Å². The van der Waals surface area contributed by atoms with Crippen LogP contribution < -0.4 is 0 Å². The maximum Gasteiger partial charge on any atom is 0.126 e.